The summed E-state index contributed by atoms with van der Waals surface area (Å²) >= 11 is 0. The number of nitrogens with two attached hydrogens (primary N) is 1. The van der Waals surface area contributed by atoms with Crippen LogP contribution in [0.1, 0.15) is 24.9 Å². The van der Waals surface area contributed by atoms with Crippen molar-refractivity contribution >= 4 is 11.8 Å². The van der Waals surface area contributed by atoms with Gasteiger partial charge in [-0.15, -0.1) is 0 Å². The first-order chi connectivity index (χ1) is 9.47. The van der Waals surface area contributed by atoms with Crippen molar-refractivity contribution in [3.05, 3.63) is 35.9 Å². The van der Waals surface area contributed by atoms with E-state index in [4.69, 9.17) is 5.73 Å². The molecule has 110 valence electrons. The summed E-state index contributed by atoms with van der Waals surface area (Å²) in [7, 11) is 3.35. The minimum absolute atomic E-state index is 0.0696. The predicted octanol–water partition coefficient (Wildman–Crippen LogP) is 1.01. The number of benzene rings is 1. The van der Waals surface area contributed by atoms with E-state index in [1.165, 1.54) is 9.80 Å². The highest BCUT2D eigenvalue weighted by Crippen LogP contribution is 2.13. The fraction of sp³-hybridized carbons (Fsp3) is 0.467. The molecule has 0 saturated heterocycles. The van der Waals surface area contributed by atoms with Crippen LogP contribution in [0.25, 0.3) is 0 Å². The summed E-state index contributed by atoms with van der Waals surface area (Å²) in [4.78, 5) is 27.2. The summed E-state index contributed by atoms with van der Waals surface area (Å²) in [6.07, 6.45) is 0.786. The predicted molar refractivity (Wildman–Crippen MR) is 78.9 cm³/mol. The highest BCUT2D eigenvalue weighted by atomic mass is 16.2. The lowest BCUT2D eigenvalue weighted by molar-refractivity contribution is -0.140. The lowest BCUT2D eigenvalue weighted by Gasteiger charge is -2.26. The first-order valence-electron chi connectivity index (χ1n) is 6.76. The van der Waals surface area contributed by atoms with E-state index in [-0.39, 0.29) is 18.4 Å². The molecule has 2 N–H and O–H groups in total. The third-order valence-corrected chi connectivity index (χ3v) is 3.05. The highest BCUT2D eigenvalue weighted by molar-refractivity contribution is 5.88. The van der Waals surface area contributed by atoms with Crippen molar-refractivity contribution in [2.45, 2.75) is 19.4 Å². The Morgan fingerprint density at radius 1 is 1.20 bits per heavy atom. The number of likely N-dealkylation sites (N-methyl/N-ethyl adjacent to an activating group) is 1. The molecule has 0 heterocycles. The second-order valence-electron chi connectivity index (χ2n) is 4.94. The Kier molecular flexibility index (Phi) is 6.18. The van der Waals surface area contributed by atoms with Gasteiger partial charge < -0.3 is 15.5 Å². The van der Waals surface area contributed by atoms with Crippen LogP contribution in [0.2, 0.25) is 0 Å². The van der Waals surface area contributed by atoms with E-state index in [9.17, 15) is 9.59 Å². The lowest BCUT2D eigenvalue weighted by Crippen LogP contribution is -2.44. The Bertz CT molecular complexity index is 446. The number of rotatable bonds is 6. The van der Waals surface area contributed by atoms with Crippen LogP contribution in [0, 0.1) is 0 Å². The summed E-state index contributed by atoms with van der Waals surface area (Å²) in [5, 5.41) is 0. The zero-order valence-electron chi connectivity index (χ0n) is 12.4. The molecule has 0 aliphatic heterocycles. The molecular formula is C15H23N3O2. The molecule has 0 aromatic heterocycles. The van der Waals surface area contributed by atoms with Crippen molar-refractivity contribution < 1.29 is 9.59 Å². The van der Waals surface area contributed by atoms with Gasteiger partial charge in [-0.25, -0.2) is 0 Å². The molecule has 5 nitrogen and oxygen atoms in total. The van der Waals surface area contributed by atoms with Crippen molar-refractivity contribution in [1.29, 1.82) is 0 Å². The molecule has 0 fully saturated rings. The molecule has 1 atom stereocenters. The second-order valence-corrected chi connectivity index (χ2v) is 4.94. The number of hydrogen-bond donors (Lipinski definition) is 1. The van der Waals surface area contributed by atoms with E-state index in [2.05, 4.69) is 0 Å². The summed E-state index contributed by atoms with van der Waals surface area (Å²) in [6, 6.07) is 8.48. The molecule has 5 heteroatoms. The van der Waals surface area contributed by atoms with Gasteiger partial charge in [0.15, 0.2) is 0 Å². The molecule has 0 aliphatic rings. The minimum Gasteiger partial charge on any atom is -0.347 e. The highest BCUT2D eigenvalue weighted by Gasteiger charge is 2.24. The van der Waals surface area contributed by atoms with Gasteiger partial charge in [0.25, 0.3) is 0 Å². The van der Waals surface area contributed by atoms with Crippen LogP contribution in [0.4, 0.5) is 0 Å². The molecule has 2 amide bonds. The average Bonchev–Trinajstić information content (AvgIpc) is 2.46. The maximum absolute atomic E-state index is 12.4. The van der Waals surface area contributed by atoms with Crippen molar-refractivity contribution in [2.75, 3.05) is 27.2 Å². The van der Waals surface area contributed by atoms with Crippen LogP contribution in [0.3, 0.4) is 0 Å². The Labute approximate surface area is 120 Å². The normalized spacial score (nSPS) is 11.8. The first-order valence-corrected chi connectivity index (χ1v) is 6.76. The van der Waals surface area contributed by atoms with E-state index in [1.807, 2.05) is 37.3 Å². The van der Waals surface area contributed by atoms with Gasteiger partial charge in [-0.2, -0.15) is 0 Å². The number of nitrogens with zero attached hydrogens (tertiary/aromatic N) is 2. The topological polar surface area (TPSA) is 66.6 Å². The van der Waals surface area contributed by atoms with E-state index in [0.29, 0.717) is 6.54 Å². The zero-order chi connectivity index (χ0) is 15.1. The fourth-order valence-corrected chi connectivity index (χ4v) is 1.84. The van der Waals surface area contributed by atoms with Crippen LogP contribution in [0.5, 0.6) is 0 Å². The second kappa shape index (κ2) is 7.65. The molecular weight excluding hydrogens is 254 g/mol. The summed E-state index contributed by atoms with van der Waals surface area (Å²) in [6.45, 7) is 2.56. The van der Waals surface area contributed by atoms with Crippen molar-refractivity contribution in [3.8, 4) is 0 Å². The molecule has 1 rings (SSSR count). The molecule has 0 bridgehead atoms. The van der Waals surface area contributed by atoms with Crippen LogP contribution in [0.15, 0.2) is 30.3 Å². The Hall–Kier alpha value is -1.88. The van der Waals surface area contributed by atoms with Crippen LogP contribution in [-0.2, 0) is 9.59 Å². The molecule has 1 aromatic rings. The van der Waals surface area contributed by atoms with Gasteiger partial charge in [-0.1, -0.05) is 37.3 Å². The third kappa shape index (κ3) is 4.35. The van der Waals surface area contributed by atoms with Gasteiger partial charge in [0.1, 0.15) is 6.04 Å². The summed E-state index contributed by atoms with van der Waals surface area (Å²) in [5.41, 5.74) is 6.77. The van der Waals surface area contributed by atoms with Gasteiger partial charge in [0.05, 0.1) is 6.54 Å². The van der Waals surface area contributed by atoms with E-state index >= 15 is 0 Å². The van der Waals surface area contributed by atoms with Crippen LogP contribution in [-0.4, -0.2) is 48.8 Å². The fourth-order valence-electron chi connectivity index (χ4n) is 1.84. The molecule has 20 heavy (non-hydrogen) atoms. The number of hydrogen-bond acceptors (Lipinski definition) is 3. The van der Waals surface area contributed by atoms with Gasteiger partial charge in [0, 0.05) is 20.6 Å². The Morgan fingerprint density at radius 3 is 2.30 bits per heavy atom. The first kappa shape index (κ1) is 16.2. The monoisotopic (exact) mass is 277 g/mol. The third-order valence-electron chi connectivity index (χ3n) is 3.05. The quantitative estimate of drug-likeness (QED) is 0.844. The standard InChI is InChI=1S/C15H23N3O2/c1-4-10-18(11-13(19)17(2)3)15(20)14(16)12-8-6-5-7-9-12/h5-9,14H,4,10-11,16H2,1-3H3. The van der Waals surface area contributed by atoms with Gasteiger partial charge in [0.2, 0.25) is 11.8 Å². The molecule has 1 aromatic carbocycles. The summed E-state index contributed by atoms with van der Waals surface area (Å²) < 4.78 is 0. The summed E-state index contributed by atoms with van der Waals surface area (Å²) in [5.74, 6) is -0.319. The van der Waals surface area contributed by atoms with Crippen molar-refractivity contribution in [1.82, 2.24) is 9.80 Å². The van der Waals surface area contributed by atoms with Gasteiger partial charge in [-0.05, 0) is 12.0 Å². The molecule has 0 radical (unpaired) electrons. The van der Waals surface area contributed by atoms with E-state index < -0.39 is 6.04 Å². The van der Waals surface area contributed by atoms with E-state index in [0.717, 1.165) is 12.0 Å². The Balaban J connectivity index is 2.80. The van der Waals surface area contributed by atoms with Crippen LogP contribution >= 0.6 is 0 Å². The minimum atomic E-state index is -0.724. The number of amides is 2. The maximum atomic E-state index is 12.4. The number of carbonyl (C=O) groups is 2. The lowest BCUT2D eigenvalue weighted by atomic mass is 10.1. The van der Waals surface area contributed by atoms with Gasteiger partial charge >= 0.3 is 0 Å². The largest absolute Gasteiger partial charge is 0.347 e. The molecule has 0 aliphatic carbocycles. The average molecular weight is 277 g/mol. The molecule has 1 unspecified atom stereocenters. The van der Waals surface area contributed by atoms with E-state index in [1.54, 1.807) is 14.1 Å². The molecule has 0 saturated carbocycles. The maximum Gasteiger partial charge on any atom is 0.244 e. The van der Waals surface area contributed by atoms with Crippen molar-refractivity contribution in [2.24, 2.45) is 5.73 Å². The zero-order valence-corrected chi connectivity index (χ0v) is 12.4. The molecule has 0 spiro atoms. The van der Waals surface area contributed by atoms with Gasteiger partial charge in [-0.3, -0.25) is 9.59 Å². The van der Waals surface area contributed by atoms with Crippen molar-refractivity contribution in [3.63, 3.8) is 0 Å². The SMILES string of the molecule is CCCN(CC(=O)N(C)C)C(=O)C(N)c1ccccc1. The number of carbonyl (C=O) groups excluding carboxylic acids is 2. The Morgan fingerprint density at radius 2 is 1.80 bits per heavy atom. The smallest absolute Gasteiger partial charge is 0.244 e. The van der Waals surface area contributed by atoms with Crippen LogP contribution < -0.4 is 5.73 Å².